The molecule has 4 nitrogen and oxygen atoms in total. The third kappa shape index (κ3) is 2.45. The molecule has 4 heteroatoms. The van der Waals surface area contributed by atoms with Crippen molar-refractivity contribution in [1.82, 2.24) is 10.6 Å². The van der Waals surface area contributed by atoms with Crippen LogP contribution in [0, 0.1) is 11.8 Å². The Hall–Kier alpha value is -0.610. The Morgan fingerprint density at radius 3 is 3.07 bits per heavy atom. The van der Waals surface area contributed by atoms with Crippen LogP contribution in [0.4, 0.5) is 0 Å². The number of hydrogen-bond acceptors (Lipinski definition) is 3. The van der Waals surface area contributed by atoms with Gasteiger partial charge in [-0.3, -0.25) is 4.79 Å². The van der Waals surface area contributed by atoms with Crippen LogP contribution in [0.2, 0.25) is 0 Å². The zero-order chi connectivity index (χ0) is 9.80. The van der Waals surface area contributed by atoms with Crippen LogP contribution in [-0.4, -0.2) is 38.8 Å². The van der Waals surface area contributed by atoms with Gasteiger partial charge in [-0.1, -0.05) is 0 Å². The van der Waals surface area contributed by atoms with E-state index in [4.69, 9.17) is 4.74 Å². The van der Waals surface area contributed by atoms with Crippen LogP contribution >= 0.6 is 0 Å². The van der Waals surface area contributed by atoms with Gasteiger partial charge in [-0.2, -0.15) is 0 Å². The smallest absolute Gasteiger partial charge is 0.224 e. The number of hydrogen-bond donors (Lipinski definition) is 2. The highest BCUT2D eigenvalue weighted by Crippen LogP contribution is 2.12. The maximum atomic E-state index is 11.6. The van der Waals surface area contributed by atoms with E-state index < -0.39 is 0 Å². The number of carbonyl (C=O) groups excluding carboxylic acids is 1. The van der Waals surface area contributed by atoms with Crippen molar-refractivity contribution in [2.75, 3.05) is 32.8 Å². The first-order valence-corrected chi connectivity index (χ1v) is 5.42. The Bertz CT molecular complexity index is 196. The Kier molecular flexibility index (Phi) is 3.37. The first-order valence-electron chi connectivity index (χ1n) is 5.42. The normalized spacial score (nSPS) is 32.0. The van der Waals surface area contributed by atoms with E-state index in [-0.39, 0.29) is 11.8 Å². The van der Waals surface area contributed by atoms with E-state index in [1.54, 1.807) is 0 Å². The van der Waals surface area contributed by atoms with Gasteiger partial charge in [0.1, 0.15) is 0 Å². The Morgan fingerprint density at radius 1 is 1.50 bits per heavy atom. The minimum absolute atomic E-state index is 0.192. The van der Waals surface area contributed by atoms with Crippen molar-refractivity contribution in [1.29, 1.82) is 0 Å². The monoisotopic (exact) mass is 198 g/mol. The first-order chi connectivity index (χ1) is 6.86. The predicted octanol–water partition coefficient (Wildman–Crippen LogP) is -0.251. The van der Waals surface area contributed by atoms with Crippen molar-refractivity contribution in [3.05, 3.63) is 0 Å². The van der Waals surface area contributed by atoms with Crippen molar-refractivity contribution in [2.45, 2.75) is 12.8 Å². The third-order valence-corrected chi connectivity index (χ3v) is 3.02. The number of ether oxygens (including phenoxy) is 1. The van der Waals surface area contributed by atoms with Gasteiger partial charge < -0.3 is 15.4 Å². The standard InChI is InChI=1S/C10H18N2O2/c13-10(9-1-3-11-6-9)12-5-8-2-4-14-7-8/h8-9,11H,1-7H2,(H,12,13)/t8?,9-/m1/s1. The summed E-state index contributed by atoms with van der Waals surface area (Å²) in [5.41, 5.74) is 0. The fourth-order valence-corrected chi connectivity index (χ4v) is 2.01. The van der Waals surface area contributed by atoms with Gasteiger partial charge in [0, 0.05) is 25.6 Å². The SMILES string of the molecule is O=C(NCC1CCOC1)[C@@H]1CCNC1. The van der Waals surface area contributed by atoms with Crippen LogP contribution in [0.25, 0.3) is 0 Å². The highest BCUT2D eigenvalue weighted by atomic mass is 16.5. The molecular weight excluding hydrogens is 180 g/mol. The Balaban J connectivity index is 1.66. The van der Waals surface area contributed by atoms with E-state index in [9.17, 15) is 4.79 Å². The summed E-state index contributed by atoms with van der Waals surface area (Å²) < 4.78 is 5.25. The molecular formula is C10H18N2O2. The lowest BCUT2D eigenvalue weighted by atomic mass is 10.1. The molecule has 2 heterocycles. The second-order valence-electron chi connectivity index (χ2n) is 4.16. The van der Waals surface area contributed by atoms with Crippen molar-refractivity contribution in [3.63, 3.8) is 0 Å². The van der Waals surface area contributed by atoms with E-state index in [0.29, 0.717) is 5.92 Å². The molecule has 0 radical (unpaired) electrons. The van der Waals surface area contributed by atoms with Crippen LogP contribution in [0.5, 0.6) is 0 Å². The molecule has 1 amide bonds. The molecule has 0 aromatic carbocycles. The van der Waals surface area contributed by atoms with E-state index >= 15 is 0 Å². The van der Waals surface area contributed by atoms with E-state index in [1.165, 1.54) is 0 Å². The molecule has 2 atom stereocenters. The molecule has 2 N–H and O–H groups in total. The van der Waals surface area contributed by atoms with Crippen LogP contribution in [-0.2, 0) is 9.53 Å². The molecule has 1 unspecified atom stereocenters. The van der Waals surface area contributed by atoms with E-state index in [2.05, 4.69) is 10.6 Å². The number of nitrogens with one attached hydrogen (secondary N) is 2. The fraction of sp³-hybridized carbons (Fsp3) is 0.900. The quantitative estimate of drug-likeness (QED) is 0.657. The number of amides is 1. The molecule has 0 aromatic heterocycles. The van der Waals surface area contributed by atoms with Gasteiger partial charge in [0.15, 0.2) is 0 Å². The topological polar surface area (TPSA) is 50.4 Å². The lowest BCUT2D eigenvalue weighted by Gasteiger charge is -2.12. The van der Waals surface area contributed by atoms with Crippen molar-refractivity contribution in [3.8, 4) is 0 Å². The van der Waals surface area contributed by atoms with Gasteiger partial charge >= 0.3 is 0 Å². The lowest BCUT2D eigenvalue weighted by Crippen LogP contribution is -2.35. The van der Waals surface area contributed by atoms with Crippen LogP contribution in [0.3, 0.4) is 0 Å². The van der Waals surface area contributed by atoms with Crippen molar-refractivity contribution >= 4 is 5.91 Å². The largest absolute Gasteiger partial charge is 0.381 e. The van der Waals surface area contributed by atoms with E-state index in [0.717, 1.165) is 45.7 Å². The molecule has 80 valence electrons. The zero-order valence-electron chi connectivity index (χ0n) is 8.42. The maximum Gasteiger partial charge on any atom is 0.224 e. The van der Waals surface area contributed by atoms with Gasteiger partial charge in [0.05, 0.1) is 12.5 Å². The van der Waals surface area contributed by atoms with Gasteiger partial charge in [0.25, 0.3) is 0 Å². The molecule has 0 aromatic rings. The summed E-state index contributed by atoms with van der Waals surface area (Å²) in [6.07, 6.45) is 2.07. The van der Waals surface area contributed by atoms with Gasteiger partial charge in [-0.25, -0.2) is 0 Å². The lowest BCUT2D eigenvalue weighted by molar-refractivity contribution is -0.124. The second-order valence-corrected chi connectivity index (χ2v) is 4.16. The molecule has 2 aliphatic rings. The van der Waals surface area contributed by atoms with Gasteiger partial charge in [-0.05, 0) is 19.4 Å². The van der Waals surface area contributed by atoms with Gasteiger partial charge in [0.2, 0.25) is 5.91 Å². The summed E-state index contributed by atoms with van der Waals surface area (Å²) in [6.45, 7) is 4.27. The predicted molar refractivity (Wildman–Crippen MR) is 52.9 cm³/mol. The molecule has 0 aliphatic carbocycles. The molecule has 2 rings (SSSR count). The van der Waals surface area contributed by atoms with Crippen molar-refractivity contribution in [2.24, 2.45) is 11.8 Å². The molecule has 2 saturated heterocycles. The molecule has 0 saturated carbocycles. The number of carbonyl (C=O) groups is 1. The summed E-state index contributed by atoms with van der Waals surface area (Å²) >= 11 is 0. The summed E-state index contributed by atoms with van der Waals surface area (Å²) in [5, 5.41) is 6.20. The van der Waals surface area contributed by atoms with Gasteiger partial charge in [-0.15, -0.1) is 0 Å². The summed E-state index contributed by atoms with van der Waals surface area (Å²) in [5.74, 6) is 0.938. The van der Waals surface area contributed by atoms with Crippen LogP contribution in [0.15, 0.2) is 0 Å². The first kappa shape index (κ1) is 9.93. The molecule has 14 heavy (non-hydrogen) atoms. The minimum atomic E-state index is 0.192. The average molecular weight is 198 g/mol. The highest BCUT2D eigenvalue weighted by Gasteiger charge is 2.23. The third-order valence-electron chi connectivity index (χ3n) is 3.02. The maximum absolute atomic E-state index is 11.6. The summed E-state index contributed by atoms with van der Waals surface area (Å²) in [7, 11) is 0. The molecule has 2 fully saturated rings. The molecule has 2 aliphatic heterocycles. The summed E-state index contributed by atoms with van der Waals surface area (Å²) in [4.78, 5) is 11.6. The van der Waals surface area contributed by atoms with Crippen molar-refractivity contribution < 1.29 is 9.53 Å². The fourth-order valence-electron chi connectivity index (χ4n) is 2.01. The molecule has 0 bridgehead atoms. The van der Waals surface area contributed by atoms with E-state index in [1.807, 2.05) is 0 Å². The minimum Gasteiger partial charge on any atom is -0.381 e. The average Bonchev–Trinajstić information content (AvgIpc) is 2.87. The number of rotatable bonds is 3. The Labute approximate surface area is 84.4 Å². The summed E-state index contributed by atoms with van der Waals surface area (Å²) in [6, 6.07) is 0. The highest BCUT2D eigenvalue weighted by molar-refractivity contribution is 5.79. The van der Waals surface area contributed by atoms with Crippen LogP contribution in [0.1, 0.15) is 12.8 Å². The second kappa shape index (κ2) is 4.75. The molecule has 0 spiro atoms. The zero-order valence-corrected chi connectivity index (χ0v) is 8.42. The Morgan fingerprint density at radius 2 is 2.43 bits per heavy atom. The van der Waals surface area contributed by atoms with Crippen LogP contribution < -0.4 is 10.6 Å².